The number of fused-ring (bicyclic) bond motifs is 3. The molecule has 0 saturated heterocycles. The molecule has 0 aliphatic carbocycles. The largest absolute Gasteiger partial charge is 0.497 e. The SMILES string of the molecule is C=C(C)Cn1c(=O)c2c(nc3n2CC(C)CN3c2cccc(OC)c2)n(C)c1=O. The summed E-state index contributed by atoms with van der Waals surface area (Å²) >= 11 is 0. The molecule has 29 heavy (non-hydrogen) atoms. The van der Waals surface area contributed by atoms with Crippen molar-refractivity contribution in [1.82, 2.24) is 18.7 Å². The Bertz CT molecular complexity index is 1230. The Hall–Kier alpha value is -3.29. The fourth-order valence-electron chi connectivity index (χ4n) is 3.91. The van der Waals surface area contributed by atoms with Crippen molar-refractivity contribution in [1.29, 1.82) is 0 Å². The van der Waals surface area contributed by atoms with E-state index in [4.69, 9.17) is 9.72 Å². The normalized spacial score (nSPS) is 16.1. The minimum absolute atomic E-state index is 0.192. The fourth-order valence-corrected chi connectivity index (χ4v) is 3.91. The number of methoxy groups -OCH3 is 1. The number of anilines is 2. The monoisotopic (exact) mass is 395 g/mol. The van der Waals surface area contributed by atoms with Gasteiger partial charge in [0.1, 0.15) is 5.75 Å². The van der Waals surface area contributed by atoms with Crippen LogP contribution in [0.5, 0.6) is 5.75 Å². The average molecular weight is 395 g/mol. The fraction of sp³-hybridized carbons (Fsp3) is 0.381. The Morgan fingerprint density at radius 1 is 1.31 bits per heavy atom. The van der Waals surface area contributed by atoms with Crippen LogP contribution in [-0.4, -0.2) is 32.3 Å². The molecule has 0 bridgehead atoms. The Labute approximate surface area is 168 Å². The highest BCUT2D eigenvalue weighted by molar-refractivity contribution is 5.77. The molecule has 0 N–H and O–H groups in total. The molecule has 2 aromatic heterocycles. The van der Waals surface area contributed by atoms with Gasteiger partial charge >= 0.3 is 5.69 Å². The smallest absolute Gasteiger partial charge is 0.332 e. The summed E-state index contributed by atoms with van der Waals surface area (Å²) in [7, 11) is 3.28. The molecule has 1 aliphatic heterocycles. The number of nitrogens with zero attached hydrogens (tertiary/aromatic N) is 5. The summed E-state index contributed by atoms with van der Waals surface area (Å²) in [6.07, 6.45) is 0. The van der Waals surface area contributed by atoms with Crippen molar-refractivity contribution in [2.75, 3.05) is 18.6 Å². The van der Waals surface area contributed by atoms with Crippen molar-refractivity contribution in [2.45, 2.75) is 26.9 Å². The third-order valence-corrected chi connectivity index (χ3v) is 5.24. The van der Waals surface area contributed by atoms with Crippen molar-refractivity contribution in [3.8, 4) is 5.75 Å². The summed E-state index contributed by atoms with van der Waals surface area (Å²) in [6, 6.07) is 7.75. The highest BCUT2D eigenvalue weighted by Gasteiger charge is 2.30. The second kappa shape index (κ2) is 6.95. The first-order valence-corrected chi connectivity index (χ1v) is 9.57. The van der Waals surface area contributed by atoms with E-state index in [1.165, 1.54) is 9.13 Å². The summed E-state index contributed by atoms with van der Waals surface area (Å²) in [5.74, 6) is 1.70. The molecule has 1 aromatic carbocycles. The molecular weight excluding hydrogens is 370 g/mol. The van der Waals surface area contributed by atoms with E-state index in [1.54, 1.807) is 21.1 Å². The van der Waals surface area contributed by atoms with Crippen LogP contribution in [0.2, 0.25) is 0 Å². The lowest BCUT2D eigenvalue weighted by Crippen LogP contribution is -2.40. The third-order valence-electron chi connectivity index (χ3n) is 5.24. The first kappa shape index (κ1) is 19.0. The van der Waals surface area contributed by atoms with Crippen LogP contribution in [0.1, 0.15) is 13.8 Å². The van der Waals surface area contributed by atoms with Crippen LogP contribution in [0.3, 0.4) is 0 Å². The molecule has 0 fully saturated rings. The van der Waals surface area contributed by atoms with Crippen LogP contribution in [-0.2, 0) is 20.1 Å². The van der Waals surface area contributed by atoms with Crippen molar-refractivity contribution in [3.63, 3.8) is 0 Å². The second-order valence-electron chi connectivity index (χ2n) is 7.80. The van der Waals surface area contributed by atoms with Gasteiger partial charge in [-0.05, 0) is 25.0 Å². The zero-order chi connectivity index (χ0) is 20.9. The first-order valence-electron chi connectivity index (χ1n) is 9.57. The quantitative estimate of drug-likeness (QED) is 0.634. The third kappa shape index (κ3) is 3.04. The zero-order valence-corrected chi connectivity index (χ0v) is 17.2. The van der Waals surface area contributed by atoms with Gasteiger partial charge in [0.2, 0.25) is 5.95 Å². The van der Waals surface area contributed by atoms with Crippen LogP contribution in [0.25, 0.3) is 11.2 Å². The van der Waals surface area contributed by atoms with Crippen LogP contribution < -0.4 is 20.9 Å². The van der Waals surface area contributed by atoms with Crippen LogP contribution in [0.15, 0.2) is 46.0 Å². The minimum atomic E-state index is -0.387. The van der Waals surface area contributed by atoms with E-state index < -0.39 is 0 Å². The standard InChI is InChI=1S/C21H25N5O3/c1-13(2)10-26-19(27)17-18(23(4)21(26)28)22-20-24(11-14(3)12-25(17)20)15-7-6-8-16(9-15)29-5/h6-9,14H,1,10-12H2,2-5H3. The second-order valence-corrected chi connectivity index (χ2v) is 7.80. The van der Waals surface area contributed by atoms with E-state index >= 15 is 0 Å². The molecule has 0 saturated carbocycles. The maximum atomic E-state index is 13.2. The van der Waals surface area contributed by atoms with E-state index in [0.717, 1.165) is 23.6 Å². The predicted octanol–water partition coefficient (Wildman–Crippen LogP) is 2.27. The minimum Gasteiger partial charge on any atom is -0.497 e. The van der Waals surface area contributed by atoms with Gasteiger partial charge in [-0.3, -0.25) is 13.9 Å². The Morgan fingerprint density at radius 2 is 2.07 bits per heavy atom. The van der Waals surface area contributed by atoms with Gasteiger partial charge in [0.25, 0.3) is 5.56 Å². The Morgan fingerprint density at radius 3 is 2.76 bits per heavy atom. The average Bonchev–Trinajstić information content (AvgIpc) is 3.08. The van der Waals surface area contributed by atoms with Gasteiger partial charge in [0.05, 0.1) is 13.7 Å². The molecule has 3 aromatic rings. The summed E-state index contributed by atoms with van der Waals surface area (Å²) in [6.45, 7) is 9.39. The number of rotatable bonds is 4. The molecule has 0 spiro atoms. The molecule has 0 amide bonds. The van der Waals surface area contributed by atoms with Gasteiger partial charge in [0, 0.05) is 31.9 Å². The lowest BCUT2D eigenvalue weighted by atomic mass is 10.1. The summed E-state index contributed by atoms with van der Waals surface area (Å²) < 4.78 is 9.97. The summed E-state index contributed by atoms with van der Waals surface area (Å²) in [5.41, 5.74) is 1.80. The van der Waals surface area contributed by atoms with Gasteiger partial charge in [0.15, 0.2) is 11.2 Å². The number of allylic oxidation sites excluding steroid dienone is 1. The Balaban J connectivity index is 1.99. The molecule has 1 atom stereocenters. The number of benzene rings is 1. The van der Waals surface area contributed by atoms with Gasteiger partial charge in [-0.25, -0.2) is 4.79 Å². The van der Waals surface area contributed by atoms with E-state index in [0.29, 0.717) is 23.7 Å². The molecule has 1 aliphatic rings. The zero-order valence-electron chi connectivity index (χ0n) is 17.2. The van der Waals surface area contributed by atoms with E-state index in [2.05, 4.69) is 18.4 Å². The van der Waals surface area contributed by atoms with Crippen LogP contribution in [0, 0.1) is 5.92 Å². The van der Waals surface area contributed by atoms with Crippen molar-refractivity contribution >= 4 is 22.8 Å². The number of ether oxygens (including phenoxy) is 1. The number of aromatic nitrogens is 4. The topological polar surface area (TPSA) is 74.3 Å². The van der Waals surface area contributed by atoms with Gasteiger partial charge in [-0.15, -0.1) is 0 Å². The van der Waals surface area contributed by atoms with Gasteiger partial charge in [-0.2, -0.15) is 4.98 Å². The Kier molecular flexibility index (Phi) is 4.56. The molecule has 8 nitrogen and oxygen atoms in total. The predicted molar refractivity (Wildman–Crippen MR) is 113 cm³/mol. The van der Waals surface area contributed by atoms with E-state index in [1.807, 2.05) is 28.8 Å². The molecule has 8 heteroatoms. The molecule has 152 valence electrons. The van der Waals surface area contributed by atoms with Gasteiger partial charge < -0.3 is 14.2 Å². The number of imidazole rings is 1. The molecule has 4 rings (SSSR count). The van der Waals surface area contributed by atoms with E-state index in [-0.39, 0.29) is 23.7 Å². The van der Waals surface area contributed by atoms with Crippen molar-refractivity contribution in [2.24, 2.45) is 13.0 Å². The molecule has 0 radical (unpaired) electrons. The number of aryl methyl sites for hydroxylation is 1. The summed E-state index contributed by atoms with van der Waals surface area (Å²) in [4.78, 5) is 32.8. The molecular formula is C21H25N5O3. The molecule has 1 unspecified atom stereocenters. The lowest BCUT2D eigenvalue weighted by Gasteiger charge is -2.33. The van der Waals surface area contributed by atoms with Gasteiger partial charge in [-0.1, -0.05) is 25.1 Å². The van der Waals surface area contributed by atoms with Crippen molar-refractivity contribution < 1.29 is 4.74 Å². The van der Waals surface area contributed by atoms with Crippen LogP contribution >= 0.6 is 0 Å². The lowest BCUT2D eigenvalue weighted by molar-refractivity contribution is 0.414. The summed E-state index contributed by atoms with van der Waals surface area (Å²) in [5, 5.41) is 0. The number of hydrogen-bond donors (Lipinski definition) is 0. The highest BCUT2D eigenvalue weighted by atomic mass is 16.5. The van der Waals surface area contributed by atoms with E-state index in [9.17, 15) is 9.59 Å². The maximum absolute atomic E-state index is 13.2. The first-order chi connectivity index (χ1) is 13.8. The van der Waals surface area contributed by atoms with Crippen molar-refractivity contribution in [3.05, 3.63) is 57.3 Å². The van der Waals surface area contributed by atoms with Crippen LogP contribution in [0.4, 0.5) is 11.6 Å². The number of hydrogen-bond acceptors (Lipinski definition) is 5. The molecule has 3 heterocycles. The maximum Gasteiger partial charge on any atom is 0.332 e. The highest BCUT2D eigenvalue weighted by Crippen LogP contribution is 2.34.